The molecule has 0 radical (unpaired) electrons. The predicted molar refractivity (Wildman–Crippen MR) is 54.7 cm³/mol. The van der Waals surface area contributed by atoms with Gasteiger partial charge in [0.05, 0.1) is 6.42 Å². The molecule has 0 spiro atoms. The Labute approximate surface area is 86.8 Å². The fourth-order valence-corrected chi connectivity index (χ4v) is 1.29. The summed E-state index contributed by atoms with van der Waals surface area (Å²) in [4.78, 5) is 15.4. The van der Waals surface area contributed by atoms with Crippen LogP contribution in [0.3, 0.4) is 0 Å². The molecule has 2 rings (SSSR count). The van der Waals surface area contributed by atoms with Crippen LogP contribution < -0.4 is 0 Å². The number of aromatic hydroxyl groups is 1. The number of carbonyl (C=O) groups excluding carboxylic acids is 1. The average molecular weight is 202 g/mol. The molecule has 0 unspecified atom stereocenters. The number of imidazole rings is 1. The van der Waals surface area contributed by atoms with Crippen LogP contribution >= 0.6 is 0 Å². The highest BCUT2D eigenvalue weighted by Gasteiger charge is 2.04. The van der Waals surface area contributed by atoms with Gasteiger partial charge in [0.1, 0.15) is 12.1 Å². The first kappa shape index (κ1) is 9.45. The van der Waals surface area contributed by atoms with Crippen LogP contribution in [0.1, 0.15) is 10.4 Å². The lowest BCUT2D eigenvalue weighted by Gasteiger charge is -2.01. The summed E-state index contributed by atoms with van der Waals surface area (Å²) in [5.74, 6) is 0.159. The minimum atomic E-state index is -0.0433. The van der Waals surface area contributed by atoms with E-state index in [1.165, 1.54) is 10.9 Å². The number of phenols is 1. The number of benzene rings is 1. The van der Waals surface area contributed by atoms with Crippen molar-refractivity contribution in [1.82, 2.24) is 9.55 Å². The minimum absolute atomic E-state index is 0.0433. The zero-order valence-corrected chi connectivity index (χ0v) is 8.00. The molecule has 1 aromatic carbocycles. The molecular weight excluding hydrogens is 192 g/mol. The van der Waals surface area contributed by atoms with Gasteiger partial charge in [-0.2, -0.15) is 0 Å². The quantitative estimate of drug-likeness (QED) is 0.802. The largest absolute Gasteiger partial charge is 0.508 e. The molecule has 0 aliphatic heterocycles. The van der Waals surface area contributed by atoms with Gasteiger partial charge in [-0.3, -0.25) is 9.36 Å². The molecule has 0 aliphatic rings. The van der Waals surface area contributed by atoms with Gasteiger partial charge in [0.25, 0.3) is 0 Å². The van der Waals surface area contributed by atoms with Crippen molar-refractivity contribution in [3.05, 3.63) is 48.5 Å². The number of rotatable bonds is 2. The smallest absolute Gasteiger partial charge is 0.236 e. The fourth-order valence-electron chi connectivity index (χ4n) is 1.29. The average Bonchev–Trinajstić information content (AvgIpc) is 2.74. The van der Waals surface area contributed by atoms with Crippen molar-refractivity contribution < 1.29 is 9.90 Å². The minimum Gasteiger partial charge on any atom is -0.508 e. The molecule has 0 atom stereocenters. The van der Waals surface area contributed by atoms with E-state index in [0.717, 1.165) is 5.56 Å². The van der Waals surface area contributed by atoms with Crippen LogP contribution in [0.4, 0.5) is 0 Å². The third-order valence-corrected chi connectivity index (χ3v) is 2.08. The molecular formula is C11H10N2O2. The number of aromatic nitrogens is 2. The van der Waals surface area contributed by atoms with Gasteiger partial charge in [-0.15, -0.1) is 0 Å². The topological polar surface area (TPSA) is 55.1 Å². The third kappa shape index (κ3) is 2.22. The SMILES string of the molecule is O=C(Cc1ccc(O)cc1)n1ccnc1. The van der Waals surface area contributed by atoms with Crippen molar-refractivity contribution in [2.24, 2.45) is 0 Å². The second-order valence-corrected chi connectivity index (χ2v) is 3.21. The van der Waals surface area contributed by atoms with Gasteiger partial charge in [-0.05, 0) is 17.7 Å². The van der Waals surface area contributed by atoms with Crippen LogP contribution in [0.25, 0.3) is 0 Å². The first-order valence-corrected chi connectivity index (χ1v) is 4.55. The maximum Gasteiger partial charge on any atom is 0.236 e. The Hall–Kier alpha value is -2.10. The number of phenolic OH excluding ortho intramolecular Hbond substituents is 1. The summed E-state index contributed by atoms with van der Waals surface area (Å²) in [5.41, 5.74) is 0.867. The van der Waals surface area contributed by atoms with Crippen LogP contribution in [0.2, 0.25) is 0 Å². The van der Waals surface area contributed by atoms with E-state index in [9.17, 15) is 4.79 Å². The fraction of sp³-hybridized carbons (Fsp3) is 0.0909. The molecule has 0 saturated heterocycles. The summed E-state index contributed by atoms with van der Waals surface area (Å²) in [6.07, 6.45) is 4.96. The summed E-state index contributed by atoms with van der Waals surface area (Å²) in [7, 11) is 0. The monoisotopic (exact) mass is 202 g/mol. The van der Waals surface area contributed by atoms with E-state index >= 15 is 0 Å². The van der Waals surface area contributed by atoms with E-state index in [-0.39, 0.29) is 11.7 Å². The lowest BCUT2D eigenvalue weighted by molar-refractivity contribution is 0.0914. The number of carbonyl (C=O) groups is 1. The zero-order chi connectivity index (χ0) is 10.7. The molecule has 0 bridgehead atoms. The maximum atomic E-state index is 11.6. The second-order valence-electron chi connectivity index (χ2n) is 3.21. The van der Waals surface area contributed by atoms with E-state index in [1.54, 1.807) is 36.7 Å². The molecule has 76 valence electrons. The van der Waals surface area contributed by atoms with Crippen molar-refractivity contribution in [2.45, 2.75) is 6.42 Å². The molecule has 4 heteroatoms. The molecule has 1 N–H and O–H groups in total. The van der Waals surface area contributed by atoms with Gasteiger partial charge in [-0.25, -0.2) is 4.98 Å². The Morgan fingerprint density at radius 3 is 2.67 bits per heavy atom. The molecule has 4 nitrogen and oxygen atoms in total. The van der Waals surface area contributed by atoms with Gasteiger partial charge in [0.2, 0.25) is 5.91 Å². The molecule has 15 heavy (non-hydrogen) atoms. The molecule has 0 aliphatic carbocycles. The van der Waals surface area contributed by atoms with Gasteiger partial charge < -0.3 is 5.11 Å². The van der Waals surface area contributed by atoms with Gasteiger partial charge in [0.15, 0.2) is 0 Å². The lowest BCUT2D eigenvalue weighted by Crippen LogP contribution is -2.11. The highest BCUT2D eigenvalue weighted by Crippen LogP contribution is 2.10. The van der Waals surface area contributed by atoms with E-state index in [0.29, 0.717) is 6.42 Å². The summed E-state index contributed by atoms with van der Waals surface area (Å²) in [6.45, 7) is 0. The summed E-state index contributed by atoms with van der Waals surface area (Å²) in [6, 6.07) is 6.58. The van der Waals surface area contributed by atoms with Crippen LogP contribution in [0, 0.1) is 0 Å². The van der Waals surface area contributed by atoms with Crippen LogP contribution in [0.5, 0.6) is 5.75 Å². The van der Waals surface area contributed by atoms with E-state index < -0.39 is 0 Å². The Morgan fingerprint density at radius 1 is 1.33 bits per heavy atom. The Balaban J connectivity index is 2.09. The zero-order valence-electron chi connectivity index (χ0n) is 8.00. The highest BCUT2D eigenvalue weighted by atomic mass is 16.3. The Bertz CT molecular complexity index is 446. The summed E-state index contributed by atoms with van der Waals surface area (Å²) < 4.78 is 1.44. The van der Waals surface area contributed by atoms with Crippen molar-refractivity contribution in [2.75, 3.05) is 0 Å². The summed E-state index contributed by atoms with van der Waals surface area (Å²) >= 11 is 0. The summed E-state index contributed by atoms with van der Waals surface area (Å²) in [5, 5.41) is 9.07. The van der Waals surface area contributed by atoms with Gasteiger partial charge >= 0.3 is 0 Å². The Morgan fingerprint density at radius 2 is 2.07 bits per heavy atom. The normalized spacial score (nSPS) is 10.1. The molecule has 1 aromatic heterocycles. The van der Waals surface area contributed by atoms with Gasteiger partial charge in [0, 0.05) is 12.4 Å². The van der Waals surface area contributed by atoms with Crippen molar-refractivity contribution in [3.8, 4) is 5.75 Å². The standard InChI is InChI=1S/C11H10N2O2/c14-10-3-1-9(2-4-10)7-11(15)13-6-5-12-8-13/h1-6,8,14H,7H2. The van der Waals surface area contributed by atoms with Crippen LogP contribution in [0.15, 0.2) is 43.0 Å². The lowest BCUT2D eigenvalue weighted by atomic mass is 10.1. The number of hydrogen-bond donors (Lipinski definition) is 1. The molecule has 0 fully saturated rings. The molecule has 0 saturated carbocycles. The van der Waals surface area contributed by atoms with Crippen LogP contribution in [-0.2, 0) is 6.42 Å². The first-order valence-electron chi connectivity index (χ1n) is 4.55. The van der Waals surface area contributed by atoms with Crippen molar-refractivity contribution in [3.63, 3.8) is 0 Å². The highest BCUT2D eigenvalue weighted by molar-refractivity contribution is 5.81. The van der Waals surface area contributed by atoms with Crippen LogP contribution in [-0.4, -0.2) is 20.6 Å². The first-order chi connectivity index (χ1) is 7.25. The third-order valence-electron chi connectivity index (χ3n) is 2.08. The van der Waals surface area contributed by atoms with E-state index in [1.807, 2.05) is 0 Å². The van der Waals surface area contributed by atoms with Gasteiger partial charge in [-0.1, -0.05) is 12.1 Å². The van der Waals surface area contributed by atoms with E-state index in [4.69, 9.17) is 5.11 Å². The molecule has 0 amide bonds. The second kappa shape index (κ2) is 3.96. The maximum absolute atomic E-state index is 11.6. The predicted octanol–water partition coefficient (Wildman–Crippen LogP) is 1.47. The number of hydrogen-bond acceptors (Lipinski definition) is 3. The van der Waals surface area contributed by atoms with Crippen molar-refractivity contribution in [1.29, 1.82) is 0 Å². The van der Waals surface area contributed by atoms with E-state index in [2.05, 4.69) is 4.98 Å². The van der Waals surface area contributed by atoms with Crippen molar-refractivity contribution >= 4 is 5.91 Å². The molecule has 2 aromatic rings. The molecule has 1 heterocycles. The number of nitrogens with zero attached hydrogens (tertiary/aromatic N) is 2. The Kier molecular flexibility index (Phi) is 2.49.